The van der Waals surface area contributed by atoms with Crippen LogP contribution in [0.4, 0.5) is 5.69 Å². The summed E-state index contributed by atoms with van der Waals surface area (Å²) in [5.41, 5.74) is 0.530. The number of nitro groups is 1. The van der Waals surface area contributed by atoms with E-state index in [-0.39, 0.29) is 28.2 Å². The highest BCUT2D eigenvalue weighted by molar-refractivity contribution is 6.31. The second-order valence-electron chi connectivity index (χ2n) is 6.51. The van der Waals surface area contributed by atoms with E-state index in [1.165, 1.54) is 18.2 Å². The van der Waals surface area contributed by atoms with Crippen LogP contribution in [-0.2, 0) is 6.54 Å². The number of hydrogen-bond donors (Lipinski definition) is 1. The summed E-state index contributed by atoms with van der Waals surface area (Å²) in [7, 11) is 0. The molecule has 1 fully saturated rings. The van der Waals surface area contributed by atoms with E-state index in [1.807, 2.05) is 18.2 Å². The first-order valence-corrected chi connectivity index (χ1v) is 9.29. The molecule has 1 aliphatic rings. The third kappa shape index (κ3) is 4.81. The Bertz CT molecular complexity index is 808. The third-order valence-electron chi connectivity index (χ3n) is 4.69. The molecule has 0 bridgehead atoms. The maximum Gasteiger partial charge on any atom is 0.283 e. The fourth-order valence-corrected chi connectivity index (χ4v) is 3.50. The first-order chi connectivity index (χ1) is 13.1. The van der Waals surface area contributed by atoms with Crippen LogP contribution in [0.25, 0.3) is 0 Å². The molecule has 2 heterocycles. The van der Waals surface area contributed by atoms with Crippen LogP contribution in [0.2, 0.25) is 5.02 Å². The van der Waals surface area contributed by atoms with Gasteiger partial charge >= 0.3 is 0 Å². The molecule has 1 saturated heterocycles. The summed E-state index contributed by atoms with van der Waals surface area (Å²) < 4.78 is 0. The lowest BCUT2D eigenvalue weighted by molar-refractivity contribution is -0.385. The molecule has 1 unspecified atom stereocenters. The molecule has 3 rings (SSSR count). The number of hydrogen-bond acceptors (Lipinski definition) is 5. The molecule has 0 saturated carbocycles. The van der Waals surface area contributed by atoms with Crippen LogP contribution in [0.3, 0.4) is 0 Å². The van der Waals surface area contributed by atoms with Crippen molar-refractivity contribution in [2.24, 2.45) is 0 Å². The van der Waals surface area contributed by atoms with Gasteiger partial charge in [-0.2, -0.15) is 0 Å². The van der Waals surface area contributed by atoms with Crippen LogP contribution in [0.1, 0.15) is 35.3 Å². The molecular formula is C19H21ClN4O3. The van der Waals surface area contributed by atoms with E-state index in [1.54, 1.807) is 11.1 Å². The fraction of sp³-hybridized carbons (Fsp3) is 0.368. The van der Waals surface area contributed by atoms with Gasteiger partial charge in [0.25, 0.3) is 11.6 Å². The molecule has 1 amide bonds. The predicted molar refractivity (Wildman–Crippen MR) is 103 cm³/mol. The Balaban J connectivity index is 1.96. The van der Waals surface area contributed by atoms with Crippen LogP contribution < -0.4 is 5.32 Å². The minimum absolute atomic E-state index is 0.00946. The summed E-state index contributed by atoms with van der Waals surface area (Å²) in [6.07, 6.45) is 4.25. The zero-order valence-electron chi connectivity index (χ0n) is 14.8. The SMILES string of the molecule is O=C(c1ccc(Cl)cc1[N+](=O)[O-])N(Cc1ccccn1)C1CCCNCC1. The highest BCUT2D eigenvalue weighted by atomic mass is 35.5. The molecule has 8 heteroatoms. The Kier molecular flexibility index (Phi) is 6.36. The monoisotopic (exact) mass is 388 g/mol. The molecule has 0 spiro atoms. The van der Waals surface area contributed by atoms with Crippen molar-refractivity contribution in [3.8, 4) is 0 Å². The van der Waals surface area contributed by atoms with Gasteiger partial charge in [0, 0.05) is 23.3 Å². The number of amides is 1. The predicted octanol–water partition coefficient (Wildman–Crippen LogP) is 3.43. The van der Waals surface area contributed by atoms with Crippen LogP contribution in [-0.4, -0.2) is 39.8 Å². The van der Waals surface area contributed by atoms with E-state index < -0.39 is 4.92 Å². The largest absolute Gasteiger partial charge is 0.329 e. The Morgan fingerprint density at radius 2 is 2.15 bits per heavy atom. The molecule has 7 nitrogen and oxygen atoms in total. The number of nitrogens with zero attached hydrogens (tertiary/aromatic N) is 3. The molecule has 1 aromatic heterocycles. The standard InChI is InChI=1S/C19H21ClN4O3/c20-14-6-7-17(18(12-14)24(26)27)19(25)23(13-15-4-1-2-10-22-15)16-5-3-9-21-11-8-16/h1-2,4,6-7,10,12,16,21H,3,5,8-9,11,13H2. The van der Waals surface area contributed by atoms with Gasteiger partial charge in [0.15, 0.2) is 0 Å². The van der Waals surface area contributed by atoms with Gasteiger partial charge in [0.1, 0.15) is 5.56 Å². The summed E-state index contributed by atoms with van der Waals surface area (Å²) in [6.45, 7) is 2.02. The van der Waals surface area contributed by atoms with Gasteiger partial charge in [-0.25, -0.2) is 0 Å². The summed E-state index contributed by atoms with van der Waals surface area (Å²) in [5.74, 6) is -0.365. The van der Waals surface area contributed by atoms with Crippen molar-refractivity contribution in [1.29, 1.82) is 0 Å². The van der Waals surface area contributed by atoms with Gasteiger partial charge in [-0.3, -0.25) is 19.9 Å². The first-order valence-electron chi connectivity index (χ1n) is 8.92. The number of nitro benzene ring substituents is 1. The number of benzene rings is 1. The lowest BCUT2D eigenvalue weighted by Gasteiger charge is -2.31. The highest BCUT2D eigenvalue weighted by Gasteiger charge is 2.30. The van der Waals surface area contributed by atoms with Crippen LogP contribution in [0, 0.1) is 10.1 Å². The topological polar surface area (TPSA) is 88.4 Å². The minimum atomic E-state index is -0.563. The number of carbonyl (C=O) groups excluding carboxylic acids is 1. The third-order valence-corrected chi connectivity index (χ3v) is 4.93. The molecule has 2 aromatic rings. The average Bonchev–Trinajstić information content (AvgIpc) is 2.95. The lowest BCUT2D eigenvalue weighted by atomic mass is 10.0. The van der Waals surface area contributed by atoms with E-state index in [2.05, 4.69) is 10.3 Å². The molecule has 1 atom stereocenters. The van der Waals surface area contributed by atoms with Crippen molar-refractivity contribution >= 4 is 23.2 Å². The Morgan fingerprint density at radius 3 is 2.89 bits per heavy atom. The number of aromatic nitrogens is 1. The maximum atomic E-state index is 13.3. The minimum Gasteiger partial charge on any atom is -0.329 e. The number of halogens is 1. The fourth-order valence-electron chi connectivity index (χ4n) is 3.34. The van der Waals surface area contributed by atoms with Crippen molar-refractivity contribution in [2.75, 3.05) is 13.1 Å². The zero-order chi connectivity index (χ0) is 19.2. The molecule has 1 aromatic carbocycles. The van der Waals surface area contributed by atoms with E-state index in [0.717, 1.165) is 38.0 Å². The lowest BCUT2D eigenvalue weighted by Crippen LogP contribution is -2.40. The Hall–Kier alpha value is -2.51. The van der Waals surface area contributed by atoms with Gasteiger partial charge in [-0.15, -0.1) is 0 Å². The number of rotatable bonds is 5. The summed E-state index contributed by atoms with van der Waals surface area (Å²) >= 11 is 5.90. The van der Waals surface area contributed by atoms with Crippen molar-refractivity contribution in [2.45, 2.75) is 31.8 Å². The van der Waals surface area contributed by atoms with Crippen molar-refractivity contribution in [3.05, 3.63) is 69.0 Å². The van der Waals surface area contributed by atoms with Crippen molar-refractivity contribution in [3.63, 3.8) is 0 Å². The highest BCUT2D eigenvalue weighted by Crippen LogP contribution is 2.27. The molecule has 1 N–H and O–H groups in total. The van der Waals surface area contributed by atoms with Crippen LogP contribution in [0.15, 0.2) is 42.6 Å². The van der Waals surface area contributed by atoms with E-state index >= 15 is 0 Å². The second-order valence-corrected chi connectivity index (χ2v) is 6.94. The molecule has 0 radical (unpaired) electrons. The maximum absolute atomic E-state index is 13.3. The second kappa shape index (κ2) is 8.92. The number of carbonyl (C=O) groups is 1. The van der Waals surface area contributed by atoms with Gasteiger partial charge in [0.2, 0.25) is 0 Å². The van der Waals surface area contributed by atoms with Crippen molar-refractivity contribution in [1.82, 2.24) is 15.2 Å². The zero-order valence-corrected chi connectivity index (χ0v) is 15.6. The van der Waals surface area contributed by atoms with E-state index in [4.69, 9.17) is 11.6 Å². The van der Waals surface area contributed by atoms with Gasteiger partial charge in [-0.1, -0.05) is 17.7 Å². The van der Waals surface area contributed by atoms with Gasteiger partial charge in [-0.05, 0) is 56.6 Å². The molecular weight excluding hydrogens is 368 g/mol. The Morgan fingerprint density at radius 1 is 1.30 bits per heavy atom. The van der Waals surface area contributed by atoms with E-state index in [9.17, 15) is 14.9 Å². The van der Waals surface area contributed by atoms with Gasteiger partial charge < -0.3 is 10.2 Å². The molecule has 27 heavy (non-hydrogen) atoms. The Labute approximate surface area is 162 Å². The summed E-state index contributed by atoms with van der Waals surface area (Å²) in [6, 6.07) is 9.69. The molecule has 142 valence electrons. The van der Waals surface area contributed by atoms with Crippen LogP contribution >= 0.6 is 11.6 Å². The smallest absolute Gasteiger partial charge is 0.283 e. The number of nitrogens with one attached hydrogen (secondary N) is 1. The van der Waals surface area contributed by atoms with Gasteiger partial charge in [0.05, 0.1) is 17.2 Å². The summed E-state index contributed by atoms with van der Waals surface area (Å²) in [4.78, 5) is 30.2. The normalized spacial score (nSPS) is 17.1. The first kappa shape index (κ1) is 19.3. The van der Waals surface area contributed by atoms with E-state index in [0.29, 0.717) is 6.54 Å². The van der Waals surface area contributed by atoms with Crippen LogP contribution in [0.5, 0.6) is 0 Å². The molecule has 1 aliphatic heterocycles. The molecule has 0 aliphatic carbocycles. The average molecular weight is 389 g/mol. The van der Waals surface area contributed by atoms with Crippen molar-refractivity contribution < 1.29 is 9.72 Å². The quantitative estimate of drug-likeness (QED) is 0.626. The number of pyridine rings is 1. The summed E-state index contributed by atoms with van der Waals surface area (Å²) in [5, 5.41) is 15.0.